The second-order valence-electron chi connectivity index (χ2n) is 4.08. The van der Waals surface area contributed by atoms with Crippen molar-refractivity contribution in [2.24, 2.45) is 0 Å². The van der Waals surface area contributed by atoms with Crippen LogP contribution in [0.5, 0.6) is 0 Å². The lowest BCUT2D eigenvalue weighted by atomic mass is 10.1. The number of benzene rings is 1. The topological polar surface area (TPSA) is 47.0 Å². The van der Waals surface area contributed by atoms with Crippen LogP contribution in [0.15, 0.2) is 54.7 Å². The van der Waals surface area contributed by atoms with E-state index in [1.807, 2.05) is 43.3 Å². The van der Waals surface area contributed by atoms with Crippen molar-refractivity contribution in [2.75, 3.05) is 5.73 Å². The van der Waals surface area contributed by atoms with Crippen molar-refractivity contribution < 1.29 is 9.36 Å². The summed E-state index contributed by atoms with van der Waals surface area (Å²) in [5.74, 6) is 0.552. The number of nitrogens with zero attached hydrogens (tertiary/aromatic N) is 1. The largest absolute Gasteiger partial charge is 0.289 e. The third-order valence-corrected chi connectivity index (χ3v) is 2.65. The molecule has 2 N–H and O–H groups in total. The van der Waals surface area contributed by atoms with Gasteiger partial charge < -0.3 is 0 Å². The lowest BCUT2D eigenvalue weighted by molar-refractivity contribution is -0.552. The van der Waals surface area contributed by atoms with Gasteiger partial charge in [0.1, 0.15) is 0 Å². The van der Waals surface area contributed by atoms with Gasteiger partial charge in [0, 0.05) is 17.7 Å². The minimum atomic E-state index is -0.0363. The predicted molar refractivity (Wildman–Crippen MR) is 71.9 cm³/mol. The Hall–Kier alpha value is -2.42. The van der Waals surface area contributed by atoms with Crippen molar-refractivity contribution in [1.29, 1.82) is 0 Å². The van der Waals surface area contributed by atoms with Crippen molar-refractivity contribution in [2.45, 2.75) is 6.92 Å². The number of nitrogen functional groups attached to an aromatic ring is 1. The molecule has 2 rings (SSSR count). The van der Waals surface area contributed by atoms with Crippen LogP contribution in [0.3, 0.4) is 0 Å². The maximum atomic E-state index is 11.9. The first-order valence-electron chi connectivity index (χ1n) is 5.71. The molecule has 2 aromatic rings. The Morgan fingerprint density at radius 2 is 1.89 bits per heavy atom. The molecule has 18 heavy (non-hydrogen) atoms. The van der Waals surface area contributed by atoms with Gasteiger partial charge in [-0.25, -0.2) is 4.57 Å². The molecule has 0 radical (unpaired) electrons. The molecule has 0 aliphatic rings. The minimum Gasteiger partial charge on any atom is -0.289 e. The van der Waals surface area contributed by atoms with Crippen LogP contribution in [0.4, 0.5) is 5.82 Å². The number of anilines is 1. The third-order valence-electron chi connectivity index (χ3n) is 2.65. The van der Waals surface area contributed by atoms with Gasteiger partial charge in [-0.2, -0.15) is 0 Å². The summed E-state index contributed by atoms with van der Waals surface area (Å²) >= 11 is 0. The maximum Gasteiger partial charge on any atom is 0.276 e. The predicted octanol–water partition coefficient (Wildman–Crippen LogP) is 2.22. The molecule has 0 aliphatic heterocycles. The molecule has 0 aliphatic carbocycles. The zero-order valence-corrected chi connectivity index (χ0v) is 10.2. The molecule has 1 heterocycles. The smallest absolute Gasteiger partial charge is 0.276 e. The molecule has 1 aromatic heterocycles. The van der Waals surface area contributed by atoms with Crippen molar-refractivity contribution in [1.82, 2.24) is 0 Å². The van der Waals surface area contributed by atoms with E-state index in [2.05, 4.69) is 0 Å². The zero-order chi connectivity index (χ0) is 13.0. The molecule has 0 unspecified atom stereocenters. The van der Waals surface area contributed by atoms with Crippen molar-refractivity contribution in [3.8, 4) is 0 Å². The third kappa shape index (κ3) is 2.83. The van der Waals surface area contributed by atoms with Crippen LogP contribution in [0.1, 0.15) is 15.9 Å². The normalized spacial score (nSPS) is 10.7. The van der Waals surface area contributed by atoms with Gasteiger partial charge >= 0.3 is 0 Å². The summed E-state index contributed by atoms with van der Waals surface area (Å²) in [5, 5.41) is 0. The minimum absolute atomic E-state index is 0.0363. The molecule has 0 spiro atoms. The van der Waals surface area contributed by atoms with Crippen LogP contribution in [0.2, 0.25) is 0 Å². The Balaban J connectivity index is 2.17. The van der Waals surface area contributed by atoms with E-state index in [1.165, 1.54) is 6.08 Å². The summed E-state index contributed by atoms with van der Waals surface area (Å²) in [6.45, 7) is 1.99. The number of hydrogen-bond acceptors (Lipinski definition) is 2. The Bertz CT molecular complexity index is 586. The monoisotopic (exact) mass is 239 g/mol. The number of ketones is 1. The number of nitrogens with two attached hydrogens (primary N) is 1. The van der Waals surface area contributed by atoms with Crippen LogP contribution in [-0.4, -0.2) is 5.78 Å². The summed E-state index contributed by atoms with van der Waals surface area (Å²) in [6, 6.07) is 13.0. The number of rotatable bonds is 3. The first-order chi connectivity index (χ1) is 8.66. The van der Waals surface area contributed by atoms with Crippen molar-refractivity contribution in [3.05, 3.63) is 65.9 Å². The van der Waals surface area contributed by atoms with Crippen LogP contribution in [0, 0.1) is 6.92 Å². The molecular formula is C15H15N2O+. The van der Waals surface area contributed by atoms with E-state index in [4.69, 9.17) is 5.73 Å². The highest BCUT2D eigenvalue weighted by atomic mass is 16.1. The van der Waals surface area contributed by atoms with Crippen molar-refractivity contribution >= 4 is 17.8 Å². The van der Waals surface area contributed by atoms with E-state index in [9.17, 15) is 4.79 Å². The number of carbonyl (C=O) groups is 1. The van der Waals surface area contributed by atoms with Crippen molar-refractivity contribution in [3.63, 3.8) is 0 Å². The van der Waals surface area contributed by atoms with Crippen LogP contribution in [0.25, 0.3) is 6.20 Å². The Morgan fingerprint density at radius 3 is 2.56 bits per heavy atom. The molecule has 1 aromatic carbocycles. The summed E-state index contributed by atoms with van der Waals surface area (Å²) in [6.07, 6.45) is 4.98. The van der Waals surface area contributed by atoms with Gasteiger partial charge in [0.15, 0.2) is 5.78 Å². The SMILES string of the molecule is Cc1ccc(C(=O)/C=C/[n+]2ccccc2N)cc1. The average Bonchev–Trinajstić information content (AvgIpc) is 2.38. The number of carbonyl (C=O) groups excluding carboxylic acids is 1. The summed E-state index contributed by atoms with van der Waals surface area (Å²) in [4.78, 5) is 11.9. The van der Waals surface area contributed by atoms with Gasteiger partial charge in [-0.3, -0.25) is 10.5 Å². The molecule has 3 heteroatoms. The van der Waals surface area contributed by atoms with Gasteiger partial charge in [0.25, 0.3) is 5.82 Å². The number of allylic oxidation sites excluding steroid dienone is 1. The van der Waals surface area contributed by atoms with E-state index < -0.39 is 0 Å². The van der Waals surface area contributed by atoms with Gasteiger partial charge in [-0.15, -0.1) is 0 Å². The highest BCUT2D eigenvalue weighted by Crippen LogP contribution is 2.04. The van der Waals surface area contributed by atoms with Crippen LogP contribution in [-0.2, 0) is 0 Å². The second-order valence-corrected chi connectivity index (χ2v) is 4.08. The fourth-order valence-electron chi connectivity index (χ4n) is 1.57. The average molecular weight is 239 g/mol. The van der Waals surface area contributed by atoms with Gasteiger partial charge in [0.2, 0.25) is 0 Å². The van der Waals surface area contributed by atoms with E-state index in [0.29, 0.717) is 11.4 Å². The van der Waals surface area contributed by atoms with E-state index in [0.717, 1.165) is 5.56 Å². The van der Waals surface area contributed by atoms with Gasteiger partial charge in [-0.05, 0) is 13.0 Å². The molecule has 0 amide bonds. The molecule has 3 nitrogen and oxygen atoms in total. The Kier molecular flexibility index (Phi) is 3.53. The summed E-state index contributed by atoms with van der Waals surface area (Å²) < 4.78 is 1.70. The van der Waals surface area contributed by atoms with Crippen LogP contribution >= 0.6 is 0 Å². The molecular weight excluding hydrogens is 224 g/mol. The highest BCUT2D eigenvalue weighted by molar-refractivity contribution is 6.05. The molecule has 0 fully saturated rings. The van der Waals surface area contributed by atoms with Crippen LogP contribution < -0.4 is 10.3 Å². The molecule has 0 saturated heterocycles. The first kappa shape index (κ1) is 12.0. The molecule has 0 bridgehead atoms. The molecule has 90 valence electrons. The number of hydrogen-bond donors (Lipinski definition) is 1. The number of aryl methyl sites for hydroxylation is 1. The standard InChI is InChI=1S/C15H14N2O/c1-12-5-7-13(8-6-12)14(18)9-11-17-10-3-2-4-15(17)16/h2-11,16H,1H3/p+1/b11-9+. The van der Waals surface area contributed by atoms with E-state index in [1.54, 1.807) is 23.0 Å². The van der Waals surface area contributed by atoms with Gasteiger partial charge in [0.05, 0.1) is 12.4 Å². The van der Waals surface area contributed by atoms with E-state index in [-0.39, 0.29) is 5.78 Å². The number of pyridine rings is 1. The quantitative estimate of drug-likeness (QED) is 0.507. The molecule has 0 saturated carbocycles. The van der Waals surface area contributed by atoms with E-state index >= 15 is 0 Å². The first-order valence-corrected chi connectivity index (χ1v) is 5.71. The lowest BCUT2D eigenvalue weighted by Crippen LogP contribution is -2.29. The fraction of sp³-hybridized carbons (Fsp3) is 0.0667. The Labute approximate surface area is 106 Å². The zero-order valence-electron chi connectivity index (χ0n) is 10.2. The summed E-state index contributed by atoms with van der Waals surface area (Å²) in [7, 11) is 0. The lowest BCUT2D eigenvalue weighted by Gasteiger charge is -1.97. The fourth-order valence-corrected chi connectivity index (χ4v) is 1.57. The summed E-state index contributed by atoms with van der Waals surface area (Å²) in [5.41, 5.74) is 7.58. The Morgan fingerprint density at radius 1 is 1.17 bits per heavy atom. The maximum absolute atomic E-state index is 11.9. The molecule has 0 atom stereocenters. The second kappa shape index (κ2) is 5.27. The number of aromatic nitrogens is 1. The van der Waals surface area contributed by atoms with Gasteiger partial charge in [-0.1, -0.05) is 35.9 Å². The highest BCUT2D eigenvalue weighted by Gasteiger charge is 2.03.